The molecule has 1 aromatic heterocycles. The van der Waals surface area contributed by atoms with Gasteiger partial charge in [-0.05, 0) is 53.8 Å². The van der Waals surface area contributed by atoms with E-state index in [0.29, 0.717) is 34.6 Å². The van der Waals surface area contributed by atoms with Gasteiger partial charge in [0.2, 0.25) is 0 Å². The molecule has 2 aromatic rings. The van der Waals surface area contributed by atoms with Crippen LogP contribution < -0.4 is 16.2 Å². The maximum Gasteiger partial charge on any atom is 0.266 e. The summed E-state index contributed by atoms with van der Waals surface area (Å²) in [6.07, 6.45) is 2.05. The van der Waals surface area contributed by atoms with E-state index < -0.39 is 0 Å². The van der Waals surface area contributed by atoms with Crippen molar-refractivity contribution >= 4 is 34.1 Å². The SMILES string of the molecule is NCCCN(c1cccc(F)c1)c1nc[nH]c(=O)c1I. The summed E-state index contributed by atoms with van der Waals surface area (Å²) >= 11 is 1.93. The summed E-state index contributed by atoms with van der Waals surface area (Å²) in [5, 5.41) is 0. The molecule has 0 aliphatic carbocycles. The molecule has 0 bridgehead atoms. The van der Waals surface area contributed by atoms with Crippen LogP contribution in [0.2, 0.25) is 0 Å². The van der Waals surface area contributed by atoms with Crippen LogP contribution in [0.5, 0.6) is 0 Å². The third kappa shape index (κ3) is 3.34. The van der Waals surface area contributed by atoms with E-state index in [2.05, 4.69) is 9.97 Å². The van der Waals surface area contributed by atoms with Crippen LogP contribution in [0, 0.1) is 9.39 Å². The van der Waals surface area contributed by atoms with Crippen LogP contribution in [0.1, 0.15) is 6.42 Å². The molecular formula is C13H14FIN4O. The fourth-order valence-electron chi connectivity index (χ4n) is 1.81. The molecule has 1 aromatic carbocycles. The maximum absolute atomic E-state index is 13.4. The highest BCUT2D eigenvalue weighted by Gasteiger charge is 2.16. The number of aromatic amines is 1. The van der Waals surface area contributed by atoms with Gasteiger partial charge in [-0.1, -0.05) is 6.07 Å². The number of nitrogens with one attached hydrogen (secondary N) is 1. The number of anilines is 2. The Morgan fingerprint density at radius 1 is 1.45 bits per heavy atom. The lowest BCUT2D eigenvalue weighted by Gasteiger charge is -2.24. The van der Waals surface area contributed by atoms with E-state index in [1.165, 1.54) is 18.5 Å². The van der Waals surface area contributed by atoms with Crippen molar-refractivity contribution in [2.45, 2.75) is 6.42 Å². The summed E-state index contributed by atoms with van der Waals surface area (Å²) in [4.78, 5) is 20.2. The van der Waals surface area contributed by atoms with Crippen molar-refractivity contribution in [1.29, 1.82) is 0 Å². The first-order valence-electron chi connectivity index (χ1n) is 6.10. The number of nitrogens with two attached hydrogens (primary N) is 1. The molecule has 0 amide bonds. The van der Waals surface area contributed by atoms with E-state index in [1.807, 2.05) is 22.6 Å². The molecule has 7 heteroatoms. The molecule has 0 aliphatic rings. The molecule has 106 valence electrons. The van der Waals surface area contributed by atoms with Crippen molar-refractivity contribution in [3.8, 4) is 0 Å². The Labute approximate surface area is 129 Å². The predicted molar refractivity (Wildman–Crippen MR) is 84.7 cm³/mol. The van der Waals surface area contributed by atoms with Crippen LogP contribution in [-0.4, -0.2) is 23.1 Å². The number of halogens is 2. The predicted octanol–water partition coefficient (Wildman–Crippen LogP) is 2.00. The summed E-state index contributed by atoms with van der Waals surface area (Å²) in [5.74, 6) is 0.175. The van der Waals surface area contributed by atoms with Gasteiger partial charge in [-0.15, -0.1) is 0 Å². The molecule has 2 rings (SSSR count). The minimum Gasteiger partial charge on any atom is -0.330 e. The molecule has 20 heavy (non-hydrogen) atoms. The lowest BCUT2D eigenvalue weighted by atomic mass is 10.2. The van der Waals surface area contributed by atoms with Crippen molar-refractivity contribution in [1.82, 2.24) is 9.97 Å². The van der Waals surface area contributed by atoms with Crippen molar-refractivity contribution < 1.29 is 4.39 Å². The smallest absolute Gasteiger partial charge is 0.266 e. The number of aromatic nitrogens is 2. The maximum atomic E-state index is 13.4. The second-order valence-corrected chi connectivity index (χ2v) is 5.22. The van der Waals surface area contributed by atoms with Crippen molar-refractivity contribution in [3.63, 3.8) is 0 Å². The van der Waals surface area contributed by atoms with Gasteiger partial charge in [0.05, 0.1) is 6.33 Å². The molecule has 0 atom stereocenters. The van der Waals surface area contributed by atoms with Crippen LogP contribution >= 0.6 is 22.6 Å². The van der Waals surface area contributed by atoms with Crippen LogP contribution in [0.3, 0.4) is 0 Å². The molecule has 0 fully saturated rings. The third-order valence-electron chi connectivity index (χ3n) is 2.74. The van der Waals surface area contributed by atoms with Gasteiger partial charge < -0.3 is 15.6 Å². The minimum atomic E-state index is -0.333. The molecule has 1 heterocycles. The lowest BCUT2D eigenvalue weighted by molar-refractivity contribution is 0.627. The quantitative estimate of drug-likeness (QED) is 0.769. The number of rotatable bonds is 5. The summed E-state index contributed by atoms with van der Waals surface area (Å²) in [6.45, 7) is 1.07. The fraction of sp³-hybridized carbons (Fsp3) is 0.231. The standard InChI is InChI=1S/C13H14FIN4O/c14-9-3-1-4-10(7-9)19(6-2-5-16)12-11(15)13(20)18-8-17-12/h1,3-4,7-8H,2,5-6,16H2,(H,17,18,20). The number of nitrogens with zero attached hydrogens (tertiary/aromatic N) is 2. The first kappa shape index (κ1) is 14.9. The summed E-state index contributed by atoms with van der Waals surface area (Å²) < 4.78 is 13.9. The Hall–Kier alpha value is -1.48. The van der Waals surface area contributed by atoms with Crippen LogP contribution in [0.4, 0.5) is 15.9 Å². The molecule has 0 radical (unpaired) electrons. The Balaban J connectivity index is 2.47. The largest absolute Gasteiger partial charge is 0.330 e. The second-order valence-electron chi connectivity index (χ2n) is 4.14. The topological polar surface area (TPSA) is 75.0 Å². The molecule has 0 saturated carbocycles. The molecule has 3 N–H and O–H groups in total. The minimum absolute atomic E-state index is 0.218. The summed E-state index contributed by atoms with van der Waals surface area (Å²) in [5.41, 5.74) is 5.97. The second kappa shape index (κ2) is 6.80. The van der Waals surface area contributed by atoms with E-state index in [1.54, 1.807) is 17.0 Å². The van der Waals surface area contributed by atoms with Gasteiger partial charge in [0.1, 0.15) is 9.39 Å². The number of benzene rings is 1. The fourth-order valence-corrected chi connectivity index (χ4v) is 2.40. The first-order chi connectivity index (χ1) is 9.63. The average molecular weight is 388 g/mol. The average Bonchev–Trinajstić information content (AvgIpc) is 2.44. The van der Waals surface area contributed by atoms with E-state index >= 15 is 0 Å². The number of hydrogen-bond donors (Lipinski definition) is 2. The van der Waals surface area contributed by atoms with Gasteiger partial charge in [-0.25, -0.2) is 9.37 Å². The van der Waals surface area contributed by atoms with Crippen LogP contribution in [0.15, 0.2) is 35.4 Å². The first-order valence-corrected chi connectivity index (χ1v) is 7.17. The highest BCUT2D eigenvalue weighted by atomic mass is 127. The number of H-pyrrole nitrogens is 1. The van der Waals surface area contributed by atoms with Crippen molar-refractivity contribution in [3.05, 3.63) is 50.3 Å². The molecule has 0 saturated heterocycles. The van der Waals surface area contributed by atoms with Gasteiger partial charge in [0, 0.05) is 12.2 Å². The van der Waals surface area contributed by atoms with Crippen molar-refractivity contribution in [2.75, 3.05) is 18.0 Å². The molecule has 0 aliphatic heterocycles. The highest BCUT2D eigenvalue weighted by molar-refractivity contribution is 14.1. The summed E-state index contributed by atoms with van der Waals surface area (Å²) in [6, 6.07) is 6.19. The molecule has 0 spiro atoms. The van der Waals surface area contributed by atoms with E-state index in [-0.39, 0.29) is 11.4 Å². The van der Waals surface area contributed by atoms with Gasteiger partial charge in [0.25, 0.3) is 5.56 Å². The zero-order valence-electron chi connectivity index (χ0n) is 10.6. The zero-order valence-corrected chi connectivity index (χ0v) is 12.8. The van der Waals surface area contributed by atoms with Gasteiger partial charge in [-0.3, -0.25) is 4.79 Å². The summed E-state index contributed by atoms with van der Waals surface area (Å²) in [7, 11) is 0. The molecular weight excluding hydrogens is 374 g/mol. The van der Waals surface area contributed by atoms with Gasteiger partial charge >= 0.3 is 0 Å². The Bertz CT molecular complexity index is 646. The van der Waals surface area contributed by atoms with E-state index in [9.17, 15) is 9.18 Å². The van der Waals surface area contributed by atoms with Crippen LogP contribution in [0.25, 0.3) is 0 Å². The van der Waals surface area contributed by atoms with E-state index in [4.69, 9.17) is 5.73 Å². The Morgan fingerprint density at radius 3 is 2.95 bits per heavy atom. The van der Waals surface area contributed by atoms with Crippen LogP contribution in [-0.2, 0) is 0 Å². The molecule has 5 nitrogen and oxygen atoms in total. The van der Waals surface area contributed by atoms with E-state index in [0.717, 1.165) is 0 Å². The molecule has 0 unspecified atom stereocenters. The highest BCUT2D eigenvalue weighted by Crippen LogP contribution is 2.26. The third-order valence-corrected chi connectivity index (χ3v) is 3.71. The lowest BCUT2D eigenvalue weighted by Crippen LogP contribution is -2.26. The monoisotopic (exact) mass is 388 g/mol. The van der Waals surface area contributed by atoms with Gasteiger partial charge in [-0.2, -0.15) is 0 Å². The van der Waals surface area contributed by atoms with Crippen molar-refractivity contribution in [2.24, 2.45) is 5.73 Å². The Kier molecular flexibility index (Phi) is 5.07. The normalized spacial score (nSPS) is 10.6. The van der Waals surface area contributed by atoms with Gasteiger partial charge in [0.15, 0.2) is 5.82 Å². The number of hydrogen-bond acceptors (Lipinski definition) is 4. The zero-order chi connectivity index (χ0) is 14.5. The Morgan fingerprint density at radius 2 is 2.25 bits per heavy atom.